The van der Waals surface area contributed by atoms with Gasteiger partial charge < -0.3 is 9.88 Å². The number of para-hydroxylation sites is 2. The number of piperidine rings is 1. The minimum absolute atomic E-state index is 0.0327. The fourth-order valence-electron chi connectivity index (χ4n) is 5.39. The van der Waals surface area contributed by atoms with Gasteiger partial charge in [-0.25, -0.2) is 9.48 Å². The second kappa shape index (κ2) is 9.65. The number of aryl methyl sites for hydroxylation is 2. The average Bonchev–Trinajstić information content (AvgIpc) is 3.51. The van der Waals surface area contributed by atoms with Crippen LogP contribution in [0.1, 0.15) is 40.5 Å². The molecule has 0 atom stereocenters. The Balaban J connectivity index is 1.33. The summed E-state index contributed by atoms with van der Waals surface area (Å²) in [6.45, 7) is 5.15. The van der Waals surface area contributed by atoms with Gasteiger partial charge in [-0.05, 0) is 68.1 Å². The van der Waals surface area contributed by atoms with E-state index >= 15 is 0 Å². The number of benzene rings is 3. The summed E-state index contributed by atoms with van der Waals surface area (Å²) >= 11 is 6.50. The third kappa shape index (κ3) is 4.23. The Labute approximate surface area is 225 Å². The molecule has 8 heteroatoms. The number of aromatic amines is 1. The third-order valence-electron chi connectivity index (χ3n) is 7.41. The molecular weight excluding hydrogens is 498 g/mol. The highest BCUT2D eigenvalue weighted by atomic mass is 35.5. The monoisotopic (exact) mass is 525 g/mol. The Morgan fingerprint density at radius 3 is 2.50 bits per heavy atom. The number of hydrogen-bond donors (Lipinski definition) is 1. The number of aromatic nitrogens is 4. The highest BCUT2D eigenvalue weighted by molar-refractivity contribution is 6.33. The van der Waals surface area contributed by atoms with E-state index in [0.717, 1.165) is 33.4 Å². The van der Waals surface area contributed by atoms with Crippen molar-refractivity contribution < 1.29 is 4.79 Å². The molecule has 1 aliphatic rings. The molecule has 1 aliphatic heterocycles. The van der Waals surface area contributed by atoms with E-state index < -0.39 is 0 Å². The standard InChI is InChI=1S/C30H28ClN5O2/c1-19-11-12-20(2)27(17-19)36-28(18-25(33-36)22-7-3-4-8-23(22)31)29(37)34-15-13-21(14-16-34)35-26-10-6-5-9-24(26)32-30(35)38/h3-12,17-18,21H,13-16H2,1-2H3,(H,32,38). The Bertz CT molecular complexity index is 1720. The molecule has 0 radical (unpaired) electrons. The van der Waals surface area contributed by atoms with Crippen LogP contribution in [0.15, 0.2) is 77.6 Å². The Morgan fingerprint density at radius 1 is 0.974 bits per heavy atom. The molecule has 1 N–H and O–H groups in total. The first-order valence-electron chi connectivity index (χ1n) is 12.8. The lowest BCUT2D eigenvalue weighted by Crippen LogP contribution is -2.41. The number of nitrogens with one attached hydrogen (secondary N) is 1. The third-order valence-corrected chi connectivity index (χ3v) is 7.74. The largest absolute Gasteiger partial charge is 0.337 e. The van der Waals surface area contributed by atoms with Gasteiger partial charge in [0.25, 0.3) is 5.91 Å². The van der Waals surface area contributed by atoms with Crippen LogP contribution in [-0.2, 0) is 0 Å². The number of nitrogens with zero attached hydrogens (tertiary/aromatic N) is 4. The zero-order valence-corrected chi connectivity index (χ0v) is 22.1. The van der Waals surface area contributed by atoms with Crippen molar-refractivity contribution in [2.45, 2.75) is 32.7 Å². The van der Waals surface area contributed by atoms with Crippen LogP contribution in [0.5, 0.6) is 0 Å². The van der Waals surface area contributed by atoms with Gasteiger partial charge in [0.05, 0.1) is 27.4 Å². The van der Waals surface area contributed by atoms with Gasteiger partial charge in [-0.15, -0.1) is 0 Å². The topological polar surface area (TPSA) is 75.9 Å². The minimum Gasteiger partial charge on any atom is -0.337 e. The maximum atomic E-state index is 13.9. The van der Waals surface area contributed by atoms with Gasteiger partial charge in [-0.1, -0.05) is 54.1 Å². The minimum atomic E-state index is -0.103. The molecule has 3 heterocycles. The van der Waals surface area contributed by atoms with Crippen molar-refractivity contribution in [2.75, 3.05) is 13.1 Å². The molecule has 192 valence electrons. The lowest BCUT2D eigenvalue weighted by Gasteiger charge is -2.32. The molecular formula is C30H28ClN5O2. The van der Waals surface area contributed by atoms with E-state index in [1.54, 1.807) is 4.68 Å². The summed E-state index contributed by atoms with van der Waals surface area (Å²) in [4.78, 5) is 31.5. The number of rotatable bonds is 4. The lowest BCUT2D eigenvalue weighted by atomic mass is 10.0. The van der Waals surface area contributed by atoms with Crippen LogP contribution in [0.3, 0.4) is 0 Å². The number of imidazole rings is 1. The van der Waals surface area contributed by atoms with Crippen molar-refractivity contribution in [1.82, 2.24) is 24.2 Å². The zero-order valence-electron chi connectivity index (χ0n) is 21.3. The molecule has 3 aromatic carbocycles. The Hall–Kier alpha value is -4.10. The lowest BCUT2D eigenvalue weighted by molar-refractivity contribution is 0.0685. The van der Waals surface area contributed by atoms with Crippen molar-refractivity contribution in [3.8, 4) is 16.9 Å². The van der Waals surface area contributed by atoms with Crippen LogP contribution in [0, 0.1) is 13.8 Å². The first-order valence-corrected chi connectivity index (χ1v) is 13.2. The molecule has 38 heavy (non-hydrogen) atoms. The molecule has 2 aromatic heterocycles. The number of amides is 1. The van der Waals surface area contributed by atoms with E-state index in [9.17, 15) is 9.59 Å². The van der Waals surface area contributed by atoms with E-state index in [1.165, 1.54) is 0 Å². The second-order valence-corrected chi connectivity index (χ2v) is 10.3. The van der Waals surface area contributed by atoms with Gasteiger partial charge in [0.2, 0.25) is 0 Å². The summed E-state index contributed by atoms with van der Waals surface area (Å²) < 4.78 is 3.59. The van der Waals surface area contributed by atoms with Gasteiger partial charge in [0.1, 0.15) is 5.69 Å². The number of carbonyl (C=O) groups excluding carboxylic acids is 1. The predicted molar refractivity (Wildman–Crippen MR) is 150 cm³/mol. The van der Waals surface area contributed by atoms with Crippen LogP contribution < -0.4 is 5.69 Å². The van der Waals surface area contributed by atoms with Gasteiger partial charge >= 0.3 is 5.69 Å². The van der Waals surface area contributed by atoms with E-state index in [4.69, 9.17) is 16.7 Å². The van der Waals surface area contributed by atoms with Gasteiger partial charge in [-0.3, -0.25) is 9.36 Å². The van der Waals surface area contributed by atoms with E-state index in [2.05, 4.69) is 11.1 Å². The summed E-state index contributed by atoms with van der Waals surface area (Å²) in [6.07, 6.45) is 1.39. The first kappa shape index (κ1) is 24.2. The maximum Gasteiger partial charge on any atom is 0.326 e. The maximum absolute atomic E-state index is 13.9. The number of halogens is 1. The molecule has 0 spiro atoms. The second-order valence-electron chi connectivity index (χ2n) is 9.94. The van der Waals surface area contributed by atoms with E-state index in [0.29, 0.717) is 42.3 Å². The summed E-state index contributed by atoms with van der Waals surface area (Å²) in [5, 5.41) is 5.45. The van der Waals surface area contributed by atoms with Crippen molar-refractivity contribution in [1.29, 1.82) is 0 Å². The number of hydrogen-bond acceptors (Lipinski definition) is 3. The van der Waals surface area contributed by atoms with Gasteiger partial charge in [0, 0.05) is 24.7 Å². The summed E-state index contributed by atoms with van der Waals surface area (Å²) in [5.74, 6) is -0.0820. The molecule has 0 bridgehead atoms. The molecule has 7 nitrogen and oxygen atoms in total. The highest BCUT2D eigenvalue weighted by Crippen LogP contribution is 2.31. The van der Waals surface area contributed by atoms with Crippen LogP contribution in [0.4, 0.5) is 0 Å². The van der Waals surface area contributed by atoms with Crippen molar-refractivity contribution in [3.05, 3.63) is 105 Å². The molecule has 1 amide bonds. The van der Waals surface area contributed by atoms with Gasteiger partial charge in [0.15, 0.2) is 0 Å². The zero-order chi connectivity index (χ0) is 26.4. The van der Waals surface area contributed by atoms with Crippen LogP contribution >= 0.6 is 11.6 Å². The molecule has 5 aromatic rings. The van der Waals surface area contributed by atoms with Crippen molar-refractivity contribution in [3.63, 3.8) is 0 Å². The molecule has 1 fully saturated rings. The quantitative estimate of drug-likeness (QED) is 0.316. The van der Waals surface area contributed by atoms with Crippen LogP contribution in [-0.4, -0.2) is 43.2 Å². The van der Waals surface area contributed by atoms with Crippen molar-refractivity contribution >= 4 is 28.5 Å². The fourth-order valence-corrected chi connectivity index (χ4v) is 5.62. The van der Waals surface area contributed by atoms with Crippen molar-refractivity contribution in [2.24, 2.45) is 0 Å². The summed E-state index contributed by atoms with van der Waals surface area (Å²) in [6, 6.07) is 23.3. The van der Waals surface area contributed by atoms with Gasteiger partial charge in [-0.2, -0.15) is 5.10 Å². The number of carbonyl (C=O) groups is 1. The number of likely N-dealkylation sites (tertiary alicyclic amines) is 1. The Morgan fingerprint density at radius 2 is 1.71 bits per heavy atom. The van der Waals surface area contributed by atoms with Crippen LogP contribution in [0.2, 0.25) is 5.02 Å². The van der Waals surface area contributed by atoms with Crippen LogP contribution in [0.25, 0.3) is 28.0 Å². The number of fused-ring (bicyclic) bond motifs is 1. The average molecular weight is 526 g/mol. The Kier molecular flexibility index (Phi) is 6.16. The molecule has 1 saturated heterocycles. The normalized spacial score (nSPS) is 14.3. The SMILES string of the molecule is Cc1ccc(C)c(-n2nc(-c3ccccc3Cl)cc2C(=O)N2CCC(n3c(=O)[nH]c4ccccc43)CC2)c1. The van der Waals surface area contributed by atoms with E-state index in [-0.39, 0.29) is 17.6 Å². The fraction of sp³-hybridized carbons (Fsp3) is 0.233. The summed E-state index contributed by atoms with van der Waals surface area (Å²) in [5.41, 5.74) is 6.54. The molecule has 0 saturated carbocycles. The summed E-state index contributed by atoms with van der Waals surface area (Å²) in [7, 11) is 0. The molecule has 6 rings (SSSR count). The molecule has 0 unspecified atom stereocenters. The molecule has 0 aliphatic carbocycles. The van der Waals surface area contributed by atoms with E-state index in [1.807, 2.05) is 90.0 Å². The predicted octanol–water partition coefficient (Wildman–Crippen LogP) is 5.93. The first-order chi connectivity index (χ1) is 18.4. The number of H-pyrrole nitrogens is 1. The smallest absolute Gasteiger partial charge is 0.326 e. The highest BCUT2D eigenvalue weighted by Gasteiger charge is 2.29.